The first-order chi connectivity index (χ1) is 12.9. The van der Waals surface area contributed by atoms with Crippen molar-refractivity contribution in [1.29, 1.82) is 0 Å². The van der Waals surface area contributed by atoms with Gasteiger partial charge in [-0.15, -0.1) is 0 Å². The number of hydrogen-bond donors (Lipinski definition) is 2. The molecule has 2 N–H and O–H groups in total. The molecular formula is C21H19N3O3. The van der Waals surface area contributed by atoms with Crippen molar-refractivity contribution in [3.8, 4) is 0 Å². The summed E-state index contributed by atoms with van der Waals surface area (Å²) in [6.07, 6.45) is 2.51. The van der Waals surface area contributed by atoms with Gasteiger partial charge in [0.05, 0.1) is 5.52 Å². The van der Waals surface area contributed by atoms with E-state index < -0.39 is 5.91 Å². The topological polar surface area (TPSA) is 80.2 Å². The van der Waals surface area contributed by atoms with E-state index in [-0.39, 0.29) is 22.9 Å². The number of benzene rings is 2. The summed E-state index contributed by atoms with van der Waals surface area (Å²) in [7, 11) is 0. The lowest BCUT2D eigenvalue weighted by molar-refractivity contribution is -0.114. The van der Waals surface area contributed by atoms with E-state index >= 15 is 0 Å². The van der Waals surface area contributed by atoms with Gasteiger partial charge in [0.25, 0.3) is 5.91 Å². The van der Waals surface area contributed by atoms with Crippen LogP contribution < -0.4 is 16.1 Å². The highest BCUT2D eigenvalue weighted by Gasteiger charge is 2.24. The molecule has 0 bridgehead atoms. The van der Waals surface area contributed by atoms with Crippen LogP contribution in [0.15, 0.2) is 53.5 Å². The molecule has 3 aromatic rings. The van der Waals surface area contributed by atoms with Gasteiger partial charge < -0.3 is 15.2 Å². The summed E-state index contributed by atoms with van der Waals surface area (Å²) in [6, 6.07) is 12.6. The number of aromatic nitrogens is 1. The Bertz CT molecular complexity index is 1130. The molecule has 136 valence electrons. The van der Waals surface area contributed by atoms with Crippen LogP contribution in [-0.4, -0.2) is 16.4 Å². The summed E-state index contributed by atoms with van der Waals surface area (Å²) in [6.45, 7) is 3.51. The molecule has 6 heteroatoms. The number of carbonyl (C=O) groups excluding carboxylic acids is 2. The number of hydrogen-bond acceptors (Lipinski definition) is 3. The molecule has 27 heavy (non-hydrogen) atoms. The van der Waals surface area contributed by atoms with Crippen LogP contribution in [0.4, 0.5) is 11.4 Å². The summed E-state index contributed by atoms with van der Waals surface area (Å²) in [5.41, 5.74) is 3.12. The minimum absolute atomic E-state index is 0.124. The summed E-state index contributed by atoms with van der Waals surface area (Å²) >= 11 is 0. The second-order valence-electron chi connectivity index (χ2n) is 6.86. The quantitative estimate of drug-likeness (QED) is 0.751. The maximum Gasteiger partial charge on any atom is 0.261 e. The Balaban J connectivity index is 1.67. The van der Waals surface area contributed by atoms with E-state index in [4.69, 9.17) is 0 Å². The average molecular weight is 361 g/mol. The van der Waals surface area contributed by atoms with Crippen LogP contribution >= 0.6 is 0 Å². The Morgan fingerprint density at radius 2 is 1.70 bits per heavy atom. The van der Waals surface area contributed by atoms with Crippen LogP contribution in [0.25, 0.3) is 10.9 Å². The predicted octanol–water partition coefficient (Wildman–Crippen LogP) is 3.33. The molecule has 1 aliphatic heterocycles. The van der Waals surface area contributed by atoms with Gasteiger partial charge in [0.15, 0.2) is 0 Å². The van der Waals surface area contributed by atoms with Crippen molar-refractivity contribution in [2.75, 3.05) is 10.6 Å². The van der Waals surface area contributed by atoms with Gasteiger partial charge in [-0.1, -0.05) is 12.1 Å². The van der Waals surface area contributed by atoms with Crippen LogP contribution in [-0.2, 0) is 11.2 Å². The molecule has 4 rings (SSSR count). The zero-order valence-corrected chi connectivity index (χ0v) is 15.1. The Hall–Kier alpha value is -3.41. The van der Waals surface area contributed by atoms with Crippen LogP contribution in [0.1, 0.15) is 35.8 Å². The molecule has 2 aromatic carbocycles. The summed E-state index contributed by atoms with van der Waals surface area (Å²) < 4.78 is 2.01. The lowest BCUT2D eigenvalue weighted by Gasteiger charge is -2.13. The van der Waals surface area contributed by atoms with Crippen molar-refractivity contribution in [3.63, 3.8) is 0 Å². The van der Waals surface area contributed by atoms with Crippen LogP contribution in [0.2, 0.25) is 0 Å². The molecule has 0 saturated heterocycles. The Labute approximate surface area is 155 Å². The number of anilines is 2. The normalized spacial score (nSPS) is 15.0. The number of rotatable bonds is 3. The fourth-order valence-corrected chi connectivity index (χ4v) is 3.62. The molecular weight excluding hydrogens is 342 g/mol. The van der Waals surface area contributed by atoms with Crippen molar-refractivity contribution >= 4 is 34.1 Å². The second kappa shape index (κ2) is 6.39. The van der Waals surface area contributed by atoms with Crippen LogP contribution in [0.5, 0.6) is 0 Å². The highest BCUT2D eigenvalue weighted by molar-refractivity contribution is 6.06. The van der Waals surface area contributed by atoms with Gasteiger partial charge in [-0.2, -0.15) is 0 Å². The minimum Gasteiger partial charge on any atom is -0.343 e. The van der Waals surface area contributed by atoms with Gasteiger partial charge >= 0.3 is 0 Å². The van der Waals surface area contributed by atoms with Gasteiger partial charge in [0.2, 0.25) is 11.3 Å². The van der Waals surface area contributed by atoms with Crippen molar-refractivity contribution in [3.05, 3.63) is 70.0 Å². The molecule has 2 amide bonds. The number of nitrogens with one attached hydrogen (secondary N) is 2. The van der Waals surface area contributed by atoms with Crippen molar-refractivity contribution in [1.82, 2.24) is 4.57 Å². The van der Waals surface area contributed by atoms with Gasteiger partial charge in [-0.05, 0) is 49.2 Å². The Kier molecular flexibility index (Phi) is 4.03. The molecule has 0 unspecified atom stereocenters. The predicted molar refractivity (Wildman–Crippen MR) is 105 cm³/mol. The Morgan fingerprint density at radius 1 is 1.04 bits per heavy atom. The van der Waals surface area contributed by atoms with Gasteiger partial charge in [0.1, 0.15) is 5.56 Å². The highest BCUT2D eigenvalue weighted by atomic mass is 16.2. The fourth-order valence-electron chi connectivity index (χ4n) is 3.62. The zero-order valence-electron chi connectivity index (χ0n) is 15.1. The zero-order chi connectivity index (χ0) is 19.1. The lowest BCUT2D eigenvalue weighted by atomic mass is 10.1. The van der Waals surface area contributed by atoms with Gasteiger partial charge in [-0.3, -0.25) is 14.4 Å². The molecule has 2 heterocycles. The monoisotopic (exact) mass is 361 g/mol. The molecule has 1 aromatic heterocycles. The molecule has 1 aliphatic rings. The number of para-hydroxylation sites is 1. The first kappa shape index (κ1) is 17.0. The van der Waals surface area contributed by atoms with Crippen molar-refractivity contribution in [2.24, 2.45) is 0 Å². The van der Waals surface area contributed by atoms with E-state index in [0.29, 0.717) is 16.8 Å². The highest BCUT2D eigenvalue weighted by Crippen LogP contribution is 2.31. The van der Waals surface area contributed by atoms with Gasteiger partial charge in [-0.25, -0.2) is 0 Å². The smallest absolute Gasteiger partial charge is 0.261 e. The summed E-state index contributed by atoms with van der Waals surface area (Å²) in [5.74, 6) is -0.607. The number of carbonyl (C=O) groups is 2. The van der Waals surface area contributed by atoms with E-state index in [9.17, 15) is 14.4 Å². The fraction of sp³-hybridized carbons (Fsp3) is 0.190. The van der Waals surface area contributed by atoms with Gasteiger partial charge in [0, 0.05) is 35.9 Å². The standard InChI is InChI=1S/C21H19N3O3/c1-12-10-14-4-3-5-17-19(14)24(12)11-18(20(17)26)21(27)23-16-8-6-15(7-9-16)22-13(2)25/h3-9,11-12H,10H2,1-2H3,(H,22,25)(H,23,27)/t12-/m0/s1. The van der Waals surface area contributed by atoms with Crippen LogP contribution in [0, 0.1) is 0 Å². The molecule has 0 aliphatic carbocycles. The first-order valence-electron chi connectivity index (χ1n) is 8.80. The second-order valence-corrected chi connectivity index (χ2v) is 6.86. The number of nitrogens with zero attached hydrogens (tertiary/aromatic N) is 1. The largest absolute Gasteiger partial charge is 0.343 e. The maximum absolute atomic E-state index is 12.9. The van der Waals surface area contributed by atoms with Crippen molar-refractivity contribution < 1.29 is 9.59 Å². The first-order valence-corrected chi connectivity index (χ1v) is 8.80. The minimum atomic E-state index is -0.442. The summed E-state index contributed by atoms with van der Waals surface area (Å²) in [5, 5.41) is 6.00. The third-order valence-corrected chi connectivity index (χ3v) is 4.83. The van der Waals surface area contributed by atoms with Crippen molar-refractivity contribution in [2.45, 2.75) is 26.3 Å². The van der Waals surface area contributed by atoms with E-state index in [2.05, 4.69) is 17.6 Å². The average Bonchev–Trinajstić information content (AvgIpc) is 2.95. The third-order valence-electron chi connectivity index (χ3n) is 4.83. The van der Waals surface area contributed by atoms with E-state index in [1.165, 1.54) is 6.92 Å². The molecule has 6 nitrogen and oxygen atoms in total. The Morgan fingerprint density at radius 3 is 2.37 bits per heavy atom. The van der Waals surface area contributed by atoms with E-state index in [1.807, 2.05) is 16.7 Å². The number of amides is 2. The van der Waals surface area contributed by atoms with Crippen LogP contribution in [0.3, 0.4) is 0 Å². The van der Waals surface area contributed by atoms with E-state index in [0.717, 1.165) is 17.5 Å². The molecule has 0 saturated carbocycles. The molecule has 0 spiro atoms. The molecule has 0 fully saturated rings. The molecule has 0 radical (unpaired) electrons. The number of pyridine rings is 1. The molecule has 1 atom stereocenters. The summed E-state index contributed by atoms with van der Waals surface area (Å²) in [4.78, 5) is 36.7. The maximum atomic E-state index is 12.9. The SMILES string of the molecule is CC(=O)Nc1ccc(NC(=O)c2cn3c4c(cccc4c2=O)C[C@@H]3C)cc1. The van der Waals surface area contributed by atoms with E-state index in [1.54, 1.807) is 36.5 Å². The third kappa shape index (κ3) is 2.99. The lowest BCUT2D eigenvalue weighted by Crippen LogP contribution is -2.23.